The summed E-state index contributed by atoms with van der Waals surface area (Å²) in [5.41, 5.74) is -4.89. The number of rotatable bonds is 7. The van der Waals surface area contributed by atoms with E-state index in [2.05, 4.69) is 0 Å². The van der Waals surface area contributed by atoms with Crippen molar-refractivity contribution in [1.29, 1.82) is 0 Å². The van der Waals surface area contributed by atoms with E-state index in [1.54, 1.807) is 5.32 Å². The van der Waals surface area contributed by atoms with Crippen molar-refractivity contribution < 1.29 is 57.9 Å². The van der Waals surface area contributed by atoms with Crippen molar-refractivity contribution in [2.45, 2.75) is 37.4 Å². The molecule has 0 aliphatic carbocycles. The summed E-state index contributed by atoms with van der Waals surface area (Å²) < 4.78 is 148. The Hall–Kier alpha value is -3.07. The third-order valence-corrected chi connectivity index (χ3v) is 5.94. The molecule has 0 bridgehead atoms. The van der Waals surface area contributed by atoms with E-state index in [1.165, 1.54) is 0 Å². The number of benzene rings is 2. The summed E-state index contributed by atoms with van der Waals surface area (Å²) in [4.78, 5) is 24.7. The Balaban J connectivity index is 2.47. The van der Waals surface area contributed by atoms with E-state index in [-0.39, 0.29) is 17.0 Å². The molecule has 2 atom stereocenters. The van der Waals surface area contributed by atoms with Gasteiger partial charge in [-0.1, -0.05) is 29.3 Å². The average molecular weight is 645 g/mol. The van der Waals surface area contributed by atoms with Gasteiger partial charge in [0.15, 0.2) is 5.82 Å². The molecular formula is C24H17Cl2F11N2O2. The minimum Gasteiger partial charge on any atom is -0.341 e. The summed E-state index contributed by atoms with van der Waals surface area (Å²) in [6.45, 7) is -0.808. The largest absolute Gasteiger partial charge is 0.417 e. The lowest BCUT2D eigenvalue weighted by Gasteiger charge is -2.23. The molecule has 4 nitrogen and oxygen atoms in total. The summed E-state index contributed by atoms with van der Waals surface area (Å²) in [5.74, 6) is -8.80. The van der Waals surface area contributed by atoms with Crippen molar-refractivity contribution in [3.63, 3.8) is 0 Å². The predicted octanol–water partition coefficient (Wildman–Crippen LogP) is 7.95. The number of nitrogens with zero attached hydrogens (tertiary/aromatic N) is 1. The van der Waals surface area contributed by atoms with Gasteiger partial charge in [0, 0.05) is 12.6 Å². The first-order valence-corrected chi connectivity index (χ1v) is 11.7. The maximum absolute atomic E-state index is 14.9. The molecule has 2 amide bonds. The van der Waals surface area contributed by atoms with Gasteiger partial charge in [0.1, 0.15) is 24.3 Å². The molecule has 1 N–H and O–H groups in total. The standard InChI is InChI=1S/C24H17Cl2F11N2O2/c1-10(21(41)39(2)9-22(29,30)31)38-20(40)13-4-3-11(5-15(13)24(35,36)37)18(27)8-14(23(32,33)34)12-6-16(25)19(28)17(26)7-12/h3-8,10,14H,9H2,1-2H3,(H,38,40)/b18-8-/t10-,14?/m1/s1. The Kier molecular flexibility index (Phi) is 10.3. The van der Waals surface area contributed by atoms with Crippen molar-refractivity contribution in [3.8, 4) is 0 Å². The Morgan fingerprint density at radius 3 is 1.98 bits per heavy atom. The number of nitrogens with one attached hydrogen (secondary N) is 1. The van der Waals surface area contributed by atoms with Gasteiger partial charge in [0.2, 0.25) is 5.91 Å². The first-order chi connectivity index (χ1) is 18.5. The highest BCUT2D eigenvalue weighted by molar-refractivity contribution is 6.35. The molecule has 2 rings (SSSR count). The highest BCUT2D eigenvalue weighted by Gasteiger charge is 2.41. The van der Waals surface area contributed by atoms with Crippen LogP contribution >= 0.6 is 23.2 Å². The minimum absolute atomic E-state index is 0.0288. The maximum Gasteiger partial charge on any atom is 0.417 e. The van der Waals surface area contributed by atoms with Gasteiger partial charge in [-0.05, 0) is 42.8 Å². The quantitative estimate of drug-likeness (QED) is 0.246. The monoisotopic (exact) mass is 644 g/mol. The third kappa shape index (κ3) is 8.96. The normalized spacial score (nSPS) is 14.5. The van der Waals surface area contributed by atoms with Crippen molar-refractivity contribution in [3.05, 3.63) is 74.5 Å². The molecule has 0 aromatic heterocycles. The molecule has 0 aliphatic heterocycles. The number of carbonyl (C=O) groups is 2. The van der Waals surface area contributed by atoms with Crippen LogP contribution in [0.15, 0.2) is 36.4 Å². The van der Waals surface area contributed by atoms with Gasteiger partial charge in [-0.3, -0.25) is 9.59 Å². The van der Waals surface area contributed by atoms with E-state index in [0.29, 0.717) is 24.3 Å². The SMILES string of the molecule is C[C@@H](NC(=O)c1ccc(/C(F)=C/C(c2cc(Cl)c(F)c(Cl)c2)C(F)(F)F)cc1C(F)(F)F)C(=O)N(C)CC(F)(F)F. The summed E-state index contributed by atoms with van der Waals surface area (Å²) in [6, 6.07) is 0.263. The second-order valence-corrected chi connectivity index (χ2v) is 9.41. The molecule has 0 saturated carbocycles. The van der Waals surface area contributed by atoms with E-state index < -0.39 is 92.8 Å². The van der Waals surface area contributed by atoms with Crippen LogP contribution in [0.3, 0.4) is 0 Å². The van der Waals surface area contributed by atoms with Gasteiger partial charge < -0.3 is 10.2 Å². The molecule has 2 aromatic carbocycles. The van der Waals surface area contributed by atoms with Gasteiger partial charge in [-0.15, -0.1) is 0 Å². The van der Waals surface area contributed by atoms with Crippen LogP contribution in [0, 0.1) is 5.82 Å². The molecule has 0 radical (unpaired) electrons. The van der Waals surface area contributed by atoms with Crippen LogP contribution in [0.2, 0.25) is 10.0 Å². The number of likely N-dealkylation sites (N-methyl/N-ethyl adjacent to an activating group) is 1. The highest BCUT2D eigenvalue weighted by Crippen LogP contribution is 2.41. The lowest BCUT2D eigenvalue weighted by atomic mass is 9.95. The van der Waals surface area contributed by atoms with Crippen LogP contribution in [-0.2, 0) is 11.0 Å². The summed E-state index contributed by atoms with van der Waals surface area (Å²) in [7, 11) is 0.742. The van der Waals surface area contributed by atoms with Crippen LogP contribution in [-0.4, -0.2) is 48.7 Å². The third-order valence-electron chi connectivity index (χ3n) is 5.39. The van der Waals surface area contributed by atoms with E-state index in [9.17, 15) is 57.9 Å². The molecule has 0 fully saturated rings. The van der Waals surface area contributed by atoms with Crippen LogP contribution in [0.5, 0.6) is 0 Å². The first-order valence-electron chi connectivity index (χ1n) is 11.0. The molecule has 0 saturated heterocycles. The Labute approximate surface area is 234 Å². The predicted molar refractivity (Wildman–Crippen MR) is 126 cm³/mol. The number of amides is 2. The molecule has 17 heteroatoms. The number of allylic oxidation sites excluding steroid dienone is 1. The van der Waals surface area contributed by atoms with Crippen LogP contribution < -0.4 is 5.32 Å². The molecule has 226 valence electrons. The number of hydrogen-bond acceptors (Lipinski definition) is 2. The Bertz CT molecular complexity index is 1320. The van der Waals surface area contributed by atoms with Crippen molar-refractivity contribution >= 4 is 40.8 Å². The first kappa shape index (κ1) is 34.1. The lowest BCUT2D eigenvalue weighted by molar-refractivity contribution is -0.159. The molecule has 0 heterocycles. The van der Waals surface area contributed by atoms with Gasteiger partial charge in [0.25, 0.3) is 5.91 Å². The van der Waals surface area contributed by atoms with Crippen LogP contribution in [0.1, 0.15) is 39.9 Å². The second-order valence-electron chi connectivity index (χ2n) is 8.60. The highest BCUT2D eigenvalue weighted by atomic mass is 35.5. The minimum atomic E-state index is -5.37. The number of halogens is 13. The lowest BCUT2D eigenvalue weighted by Crippen LogP contribution is -2.48. The molecule has 0 aliphatic rings. The van der Waals surface area contributed by atoms with Crippen LogP contribution in [0.4, 0.5) is 48.3 Å². The van der Waals surface area contributed by atoms with Gasteiger partial charge in [-0.25, -0.2) is 8.78 Å². The van der Waals surface area contributed by atoms with Crippen molar-refractivity contribution in [2.75, 3.05) is 13.6 Å². The van der Waals surface area contributed by atoms with Gasteiger partial charge >= 0.3 is 18.5 Å². The molecular weight excluding hydrogens is 628 g/mol. The number of alkyl halides is 9. The van der Waals surface area contributed by atoms with E-state index in [0.717, 1.165) is 14.0 Å². The second kappa shape index (κ2) is 12.4. The fourth-order valence-electron chi connectivity index (χ4n) is 3.52. The van der Waals surface area contributed by atoms with E-state index in [1.807, 2.05) is 0 Å². The zero-order valence-electron chi connectivity index (χ0n) is 20.5. The fourth-order valence-corrected chi connectivity index (χ4v) is 4.02. The smallest absolute Gasteiger partial charge is 0.341 e. The molecule has 0 spiro atoms. The summed E-state index contributed by atoms with van der Waals surface area (Å²) >= 11 is 11.0. The van der Waals surface area contributed by atoms with Crippen molar-refractivity contribution in [1.82, 2.24) is 10.2 Å². The Morgan fingerprint density at radius 1 is 0.976 bits per heavy atom. The number of hydrogen-bond donors (Lipinski definition) is 1. The fraction of sp³-hybridized carbons (Fsp3) is 0.333. The zero-order chi connectivity index (χ0) is 31.7. The zero-order valence-corrected chi connectivity index (χ0v) is 22.0. The average Bonchev–Trinajstić information content (AvgIpc) is 2.82. The van der Waals surface area contributed by atoms with Crippen molar-refractivity contribution in [2.24, 2.45) is 0 Å². The van der Waals surface area contributed by atoms with Gasteiger partial charge in [-0.2, -0.15) is 39.5 Å². The number of carbonyl (C=O) groups excluding carboxylic acids is 2. The molecule has 41 heavy (non-hydrogen) atoms. The maximum atomic E-state index is 14.9. The Morgan fingerprint density at radius 2 is 1.51 bits per heavy atom. The van der Waals surface area contributed by atoms with Crippen LogP contribution in [0.25, 0.3) is 5.83 Å². The summed E-state index contributed by atoms with van der Waals surface area (Å²) in [6.07, 6.45) is -15.5. The molecule has 1 unspecified atom stereocenters. The van der Waals surface area contributed by atoms with E-state index in [4.69, 9.17) is 23.2 Å². The van der Waals surface area contributed by atoms with E-state index >= 15 is 0 Å². The topological polar surface area (TPSA) is 49.4 Å². The molecule has 2 aromatic rings. The summed E-state index contributed by atoms with van der Waals surface area (Å²) in [5, 5.41) is 0.140. The van der Waals surface area contributed by atoms with Gasteiger partial charge in [0.05, 0.1) is 21.2 Å².